The maximum Gasteiger partial charge on any atom is 0.472 e. The number of rotatable bonds is 56. The van der Waals surface area contributed by atoms with Gasteiger partial charge in [-0.2, -0.15) is 0 Å². The van der Waals surface area contributed by atoms with Gasteiger partial charge in [0.1, 0.15) is 13.2 Å². The van der Waals surface area contributed by atoms with E-state index in [0.717, 1.165) is 38.5 Å². The third-order valence-electron chi connectivity index (χ3n) is 14.0. The number of carbonyl (C=O) groups excluding carboxylic acids is 1. The number of aliphatic hydroxyl groups excluding tert-OH is 1. The number of amides is 1. The first-order valence-corrected chi connectivity index (χ1v) is 31.6. The molecule has 0 aromatic carbocycles. The average Bonchev–Trinajstić information content (AvgIpc) is 3.30. The second-order valence-electron chi connectivity index (χ2n) is 22.1. The molecule has 0 spiro atoms. The van der Waals surface area contributed by atoms with Crippen LogP contribution in [0.15, 0.2) is 12.2 Å². The molecular weight excluding hydrogens is 864 g/mol. The molecule has 406 valence electrons. The minimum atomic E-state index is -4.33. The van der Waals surface area contributed by atoms with Crippen LogP contribution in [0.4, 0.5) is 0 Å². The number of quaternary nitrogens is 1. The Morgan fingerprint density at radius 3 is 1.09 bits per heavy atom. The van der Waals surface area contributed by atoms with E-state index < -0.39 is 20.0 Å². The van der Waals surface area contributed by atoms with E-state index in [2.05, 4.69) is 19.2 Å². The summed E-state index contributed by atoms with van der Waals surface area (Å²) < 4.78 is 23.5. The van der Waals surface area contributed by atoms with Gasteiger partial charge >= 0.3 is 7.82 Å². The van der Waals surface area contributed by atoms with Crippen LogP contribution >= 0.6 is 7.82 Å². The molecule has 68 heavy (non-hydrogen) atoms. The van der Waals surface area contributed by atoms with Gasteiger partial charge < -0.3 is 19.8 Å². The largest absolute Gasteiger partial charge is 0.472 e. The number of phosphoric acid groups is 1. The zero-order valence-electron chi connectivity index (χ0n) is 46.4. The summed E-state index contributed by atoms with van der Waals surface area (Å²) in [6, 6.07) is -0.839. The van der Waals surface area contributed by atoms with Crippen molar-refractivity contribution < 1.29 is 32.9 Å². The molecule has 0 saturated heterocycles. The van der Waals surface area contributed by atoms with Crippen molar-refractivity contribution in [3.8, 4) is 0 Å². The summed E-state index contributed by atoms with van der Waals surface area (Å²) in [6.07, 6.45) is 63.8. The Morgan fingerprint density at radius 2 is 0.779 bits per heavy atom. The maximum atomic E-state index is 12.9. The molecule has 0 heterocycles. The van der Waals surface area contributed by atoms with Gasteiger partial charge in [-0.3, -0.25) is 13.8 Å². The van der Waals surface area contributed by atoms with Crippen molar-refractivity contribution >= 4 is 13.7 Å². The van der Waals surface area contributed by atoms with E-state index in [4.69, 9.17) is 9.05 Å². The van der Waals surface area contributed by atoms with Gasteiger partial charge in [0.05, 0.1) is 39.9 Å². The van der Waals surface area contributed by atoms with Gasteiger partial charge in [-0.25, -0.2) is 4.57 Å². The number of phosphoric ester groups is 1. The van der Waals surface area contributed by atoms with Crippen LogP contribution in [0.1, 0.15) is 309 Å². The number of nitrogens with one attached hydrogen (secondary N) is 1. The lowest BCUT2D eigenvalue weighted by Gasteiger charge is -2.25. The molecule has 8 nitrogen and oxygen atoms in total. The Labute approximate surface area is 424 Å². The van der Waals surface area contributed by atoms with Crippen LogP contribution in [0.3, 0.4) is 0 Å². The Bertz CT molecular complexity index is 1120. The van der Waals surface area contributed by atoms with Crippen LogP contribution in [0.5, 0.6) is 0 Å². The standard InChI is InChI=1S/C59H119N2O6P/c1-6-8-10-12-14-16-17-18-19-20-21-22-23-24-25-26-27-28-29-30-31-32-33-34-35-36-37-38-39-40-41-42-43-44-45-47-49-51-53-59(63)60-57(56-67-68(64,65)66-55-54-61(3,4)5)58(62)52-50-48-46-15-13-11-9-7-2/h50,52,57-58,62H,6-49,51,53-56H2,1-5H3,(H-,60,63,64,65)/p+1/b52-50+. The highest BCUT2D eigenvalue weighted by atomic mass is 31.2. The van der Waals surface area contributed by atoms with Gasteiger partial charge in [0.25, 0.3) is 0 Å². The SMILES string of the molecule is CCCCCCCC/C=C/C(O)C(COP(=O)(O)OCC[N+](C)(C)C)NC(=O)CCCCCCCCCCCCCCCCCCCCCCCCCCCCCCCCCCCCCCCC. The first-order chi connectivity index (χ1) is 33.0. The van der Waals surface area contributed by atoms with Gasteiger partial charge in [0.15, 0.2) is 0 Å². The Hall–Kier alpha value is -0.760. The molecule has 0 aliphatic heterocycles. The van der Waals surface area contributed by atoms with Gasteiger partial charge in [0.2, 0.25) is 5.91 Å². The molecule has 3 unspecified atom stereocenters. The van der Waals surface area contributed by atoms with Crippen LogP contribution in [0.2, 0.25) is 0 Å². The van der Waals surface area contributed by atoms with Crippen LogP contribution in [0, 0.1) is 0 Å². The summed E-state index contributed by atoms with van der Waals surface area (Å²) in [7, 11) is 1.58. The second kappa shape index (κ2) is 51.2. The smallest absolute Gasteiger partial charge is 0.387 e. The summed E-state index contributed by atoms with van der Waals surface area (Å²) >= 11 is 0. The molecule has 3 atom stereocenters. The quantitative estimate of drug-likeness (QED) is 0.0243. The number of nitrogens with zero attached hydrogens (tertiary/aromatic N) is 1. The van der Waals surface area contributed by atoms with E-state index in [1.165, 1.54) is 250 Å². The van der Waals surface area contributed by atoms with E-state index in [0.29, 0.717) is 17.4 Å². The lowest BCUT2D eigenvalue weighted by Crippen LogP contribution is -2.45. The zero-order valence-corrected chi connectivity index (χ0v) is 47.3. The number of hydrogen-bond acceptors (Lipinski definition) is 5. The van der Waals surface area contributed by atoms with Crippen molar-refractivity contribution in [3.05, 3.63) is 12.2 Å². The van der Waals surface area contributed by atoms with E-state index >= 15 is 0 Å². The number of unbranched alkanes of at least 4 members (excludes halogenated alkanes) is 43. The Morgan fingerprint density at radius 1 is 0.485 bits per heavy atom. The molecule has 0 saturated carbocycles. The number of aliphatic hydroxyl groups is 1. The predicted molar refractivity (Wildman–Crippen MR) is 295 cm³/mol. The zero-order chi connectivity index (χ0) is 49.9. The number of allylic oxidation sites excluding steroid dienone is 1. The van der Waals surface area contributed by atoms with E-state index in [-0.39, 0.29) is 19.1 Å². The van der Waals surface area contributed by atoms with Crippen LogP contribution in [-0.4, -0.2) is 73.4 Å². The topological polar surface area (TPSA) is 105 Å². The van der Waals surface area contributed by atoms with Crippen molar-refractivity contribution in [1.82, 2.24) is 5.32 Å². The molecule has 0 aromatic heterocycles. The summed E-state index contributed by atoms with van der Waals surface area (Å²) in [5, 5.41) is 13.8. The normalized spacial score (nSPS) is 13.9. The van der Waals surface area contributed by atoms with E-state index in [9.17, 15) is 19.4 Å². The van der Waals surface area contributed by atoms with Gasteiger partial charge in [-0.05, 0) is 19.3 Å². The monoisotopic (exact) mass is 984 g/mol. The van der Waals surface area contributed by atoms with Gasteiger partial charge in [0, 0.05) is 6.42 Å². The Balaban J connectivity index is 3.73. The average molecular weight is 985 g/mol. The fourth-order valence-electron chi connectivity index (χ4n) is 9.28. The predicted octanol–water partition coefficient (Wildman–Crippen LogP) is 18.2. The van der Waals surface area contributed by atoms with Crippen molar-refractivity contribution in [2.24, 2.45) is 0 Å². The first kappa shape index (κ1) is 67.2. The number of carbonyl (C=O) groups is 1. The highest BCUT2D eigenvalue weighted by Crippen LogP contribution is 2.43. The molecule has 9 heteroatoms. The van der Waals surface area contributed by atoms with E-state index in [1.807, 2.05) is 27.2 Å². The minimum Gasteiger partial charge on any atom is -0.387 e. The van der Waals surface area contributed by atoms with Crippen molar-refractivity contribution in [2.45, 2.75) is 321 Å². The molecule has 0 radical (unpaired) electrons. The molecule has 1 amide bonds. The molecule has 0 rings (SSSR count). The second-order valence-corrected chi connectivity index (χ2v) is 23.5. The number of likely N-dealkylation sites (N-methyl/N-ethyl adjacent to an activating group) is 1. The lowest BCUT2D eigenvalue weighted by atomic mass is 10.0. The van der Waals surface area contributed by atoms with Gasteiger partial charge in [-0.1, -0.05) is 296 Å². The molecule has 0 bridgehead atoms. The molecule has 0 aromatic rings. The van der Waals surface area contributed by atoms with E-state index in [1.54, 1.807) is 6.08 Å². The third kappa shape index (κ3) is 53.0. The third-order valence-corrected chi connectivity index (χ3v) is 15.0. The van der Waals surface area contributed by atoms with Crippen molar-refractivity contribution in [1.29, 1.82) is 0 Å². The molecule has 3 N–H and O–H groups in total. The summed E-state index contributed by atoms with van der Waals surface area (Å²) in [6.45, 7) is 4.81. The van der Waals surface area contributed by atoms with Crippen molar-refractivity contribution in [2.75, 3.05) is 40.9 Å². The highest BCUT2D eigenvalue weighted by molar-refractivity contribution is 7.47. The minimum absolute atomic E-state index is 0.0643. The molecular formula is C59H120N2O6P+. The highest BCUT2D eigenvalue weighted by Gasteiger charge is 2.27. The van der Waals surface area contributed by atoms with Crippen LogP contribution < -0.4 is 5.32 Å². The summed E-state index contributed by atoms with van der Waals surface area (Å²) in [5.41, 5.74) is 0. The lowest BCUT2D eigenvalue weighted by molar-refractivity contribution is -0.870. The Kier molecular flexibility index (Phi) is 50.6. The molecule has 0 aliphatic carbocycles. The molecule has 0 fully saturated rings. The maximum absolute atomic E-state index is 12.9. The van der Waals surface area contributed by atoms with Crippen LogP contribution in [-0.2, 0) is 18.4 Å². The fourth-order valence-corrected chi connectivity index (χ4v) is 10.0. The first-order valence-electron chi connectivity index (χ1n) is 30.1. The van der Waals surface area contributed by atoms with Crippen molar-refractivity contribution in [3.63, 3.8) is 0 Å². The molecule has 0 aliphatic rings. The van der Waals surface area contributed by atoms with Crippen LogP contribution in [0.25, 0.3) is 0 Å². The number of hydrogen-bond donors (Lipinski definition) is 3. The van der Waals surface area contributed by atoms with Gasteiger partial charge in [-0.15, -0.1) is 0 Å². The summed E-state index contributed by atoms with van der Waals surface area (Å²) in [5.74, 6) is -0.174. The summed E-state index contributed by atoms with van der Waals surface area (Å²) in [4.78, 5) is 23.1. The fraction of sp³-hybridized carbons (Fsp3) is 0.949.